The smallest absolute Gasteiger partial charge is 0.211 e. The Kier molecular flexibility index (Phi) is 4.20. The fourth-order valence-corrected chi connectivity index (χ4v) is 2.83. The summed E-state index contributed by atoms with van der Waals surface area (Å²) in [6, 6.07) is 2.58. The summed E-state index contributed by atoms with van der Waals surface area (Å²) in [4.78, 5) is 8.13. The number of anilines is 3. The molecule has 1 aromatic carbocycles. The van der Waals surface area contributed by atoms with Crippen molar-refractivity contribution in [3.8, 4) is 12.3 Å². The van der Waals surface area contributed by atoms with Gasteiger partial charge in [0.1, 0.15) is 29.3 Å². The molecule has 1 aliphatic heterocycles. The van der Waals surface area contributed by atoms with E-state index >= 15 is 0 Å². The quantitative estimate of drug-likeness (QED) is 0.338. The van der Waals surface area contributed by atoms with Crippen molar-refractivity contribution >= 4 is 34.9 Å². The van der Waals surface area contributed by atoms with Gasteiger partial charge in [0.25, 0.3) is 0 Å². The summed E-state index contributed by atoms with van der Waals surface area (Å²) < 4.78 is 28.2. The van der Waals surface area contributed by atoms with E-state index in [4.69, 9.17) is 28.3 Å². The Balaban J connectivity index is 2.35. The SMILES string of the molecule is N#CNC1=NC(c2c(Cl)ccc(F)c2F)c2c(nc(N)c(C#N)c2N)N1. The second-order valence-electron chi connectivity index (χ2n) is 5.16. The van der Waals surface area contributed by atoms with Crippen LogP contribution in [0.25, 0.3) is 0 Å². The van der Waals surface area contributed by atoms with E-state index < -0.39 is 17.7 Å². The zero-order valence-electron chi connectivity index (χ0n) is 12.8. The third kappa shape index (κ3) is 2.59. The maximum Gasteiger partial charge on any atom is 0.211 e. The minimum Gasteiger partial charge on any atom is -0.397 e. The van der Waals surface area contributed by atoms with Gasteiger partial charge < -0.3 is 16.8 Å². The van der Waals surface area contributed by atoms with E-state index in [-0.39, 0.29) is 45.0 Å². The molecule has 0 radical (unpaired) electrons. The van der Waals surface area contributed by atoms with Gasteiger partial charge in [-0.05, 0) is 12.1 Å². The highest BCUT2D eigenvalue weighted by Gasteiger charge is 2.33. The van der Waals surface area contributed by atoms with Gasteiger partial charge in [-0.15, -0.1) is 0 Å². The van der Waals surface area contributed by atoms with Crippen LogP contribution in [0.5, 0.6) is 0 Å². The standard InChI is InChI=1S/C15H9ClF2N8/c16-6-1-2-7(17)10(18)8(6)12-9-11(21)5(3-19)13(22)25-14(9)26-15(24-12)23-4-20/h1-2,12H,(H6,21,22,23,24,25,26). The van der Waals surface area contributed by atoms with Crippen LogP contribution in [0, 0.1) is 34.4 Å². The van der Waals surface area contributed by atoms with Crippen LogP contribution in [0.1, 0.15) is 22.7 Å². The number of hydrogen-bond donors (Lipinski definition) is 4. The van der Waals surface area contributed by atoms with Crippen molar-refractivity contribution in [2.75, 3.05) is 16.8 Å². The molecule has 3 rings (SSSR count). The molecule has 1 unspecified atom stereocenters. The molecule has 2 aromatic rings. The zero-order chi connectivity index (χ0) is 19.0. The molecule has 11 heteroatoms. The lowest BCUT2D eigenvalue weighted by molar-refractivity contribution is 0.494. The van der Waals surface area contributed by atoms with Crippen LogP contribution >= 0.6 is 11.6 Å². The van der Waals surface area contributed by atoms with Gasteiger partial charge in [-0.1, -0.05) is 11.6 Å². The molecule has 1 atom stereocenters. The Morgan fingerprint density at radius 1 is 1.23 bits per heavy atom. The fraction of sp³-hybridized carbons (Fsp3) is 0.0667. The number of fused-ring (bicyclic) bond motifs is 1. The molecule has 8 nitrogen and oxygen atoms in total. The fourth-order valence-electron chi connectivity index (χ4n) is 2.58. The first kappa shape index (κ1) is 17.2. The number of aliphatic imine (C=N–C) groups is 1. The van der Waals surface area contributed by atoms with E-state index in [9.17, 15) is 14.0 Å². The number of nitrogens with one attached hydrogen (secondary N) is 2. The van der Waals surface area contributed by atoms with E-state index in [0.717, 1.165) is 12.1 Å². The second kappa shape index (κ2) is 6.35. The van der Waals surface area contributed by atoms with Crippen molar-refractivity contribution in [2.45, 2.75) is 6.04 Å². The lowest BCUT2D eigenvalue weighted by atomic mass is 9.94. The molecular formula is C15H9ClF2N8. The maximum absolute atomic E-state index is 14.5. The number of halogens is 3. The number of pyridine rings is 1. The van der Waals surface area contributed by atoms with Crippen LogP contribution in [-0.2, 0) is 0 Å². The van der Waals surface area contributed by atoms with Crippen LogP contribution in [-0.4, -0.2) is 10.9 Å². The molecule has 1 aromatic heterocycles. The first-order valence-electron chi connectivity index (χ1n) is 7.01. The van der Waals surface area contributed by atoms with Crippen molar-refractivity contribution in [3.05, 3.63) is 45.5 Å². The highest BCUT2D eigenvalue weighted by atomic mass is 35.5. The molecule has 0 saturated heterocycles. The van der Waals surface area contributed by atoms with Crippen molar-refractivity contribution in [2.24, 2.45) is 4.99 Å². The third-order valence-corrected chi connectivity index (χ3v) is 4.04. The number of nitrogen functional groups attached to an aromatic ring is 2. The molecule has 0 aliphatic carbocycles. The van der Waals surface area contributed by atoms with E-state index in [2.05, 4.69) is 20.6 Å². The predicted octanol–water partition coefficient (Wildman–Crippen LogP) is 1.99. The summed E-state index contributed by atoms with van der Waals surface area (Å²) in [5.74, 6) is -2.60. The number of rotatable bonds is 1. The van der Waals surface area contributed by atoms with Crippen molar-refractivity contribution in [1.82, 2.24) is 10.3 Å². The van der Waals surface area contributed by atoms with Gasteiger partial charge in [0.05, 0.1) is 5.69 Å². The molecule has 0 amide bonds. The number of nitrogens with two attached hydrogens (primary N) is 2. The summed E-state index contributed by atoms with van der Waals surface area (Å²) in [6.07, 6.45) is 1.65. The summed E-state index contributed by atoms with van der Waals surface area (Å²) >= 11 is 6.05. The van der Waals surface area contributed by atoms with Gasteiger partial charge in [-0.3, -0.25) is 5.32 Å². The maximum atomic E-state index is 14.5. The van der Waals surface area contributed by atoms with Gasteiger partial charge in [0.15, 0.2) is 17.8 Å². The van der Waals surface area contributed by atoms with Gasteiger partial charge >= 0.3 is 0 Å². The van der Waals surface area contributed by atoms with E-state index in [0.29, 0.717) is 0 Å². The van der Waals surface area contributed by atoms with Crippen molar-refractivity contribution in [1.29, 1.82) is 10.5 Å². The molecule has 130 valence electrons. The van der Waals surface area contributed by atoms with Crippen LogP contribution in [0.4, 0.5) is 26.1 Å². The summed E-state index contributed by atoms with van der Waals surface area (Å²) in [5, 5.41) is 22.8. The minimum absolute atomic E-state index is 0.0384. The number of nitrogens with zero attached hydrogens (tertiary/aromatic N) is 4. The zero-order valence-corrected chi connectivity index (χ0v) is 13.6. The first-order valence-corrected chi connectivity index (χ1v) is 7.39. The number of nitriles is 2. The Hall–Kier alpha value is -3.63. The molecule has 26 heavy (non-hydrogen) atoms. The first-order chi connectivity index (χ1) is 12.4. The average Bonchev–Trinajstić information content (AvgIpc) is 2.58. The van der Waals surface area contributed by atoms with Gasteiger partial charge in [-0.2, -0.15) is 10.5 Å². The summed E-state index contributed by atoms with van der Waals surface area (Å²) in [6.45, 7) is 0. The monoisotopic (exact) mass is 374 g/mol. The molecule has 2 heterocycles. The highest BCUT2D eigenvalue weighted by Crippen LogP contribution is 2.43. The molecule has 1 aliphatic rings. The second-order valence-corrected chi connectivity index (χ2v) is 5.57. The molecular weight excluding hydrogens is 366 g/mol. The molecule has 0 saturated carbocycles. The van der Waals surface area contributed by atoms with Crippen molar-refractivity contribution in [3.63, 3.8) is 0 Å². The molecule has 0 fully saturated rings. The number of hydrogen-bond acceptors (Lipinski definition) is 8. The van der Waals surface area contributed by atoms with Crippen LogP contribution in [0.3, 0.4) is 0 Å². The normalized spacial score (nSPS) is 15.1. The lowest BCUT2D eigenvalue weighted by Gasteiger charge is -2.26. The summed E-state index contributed by atoms with van der Waals surface area (Å²) in [5.41, 5.74) is 11.3. The largest absolute Gasteiger partial charge is 0.397 e. The Bertz CT molecular complexity index is 1040. The van der Waals surface area contributed by atoms with E-state index in [1.165, 1.54) is 0 Å². The van der Waals surface area contributed by atoms with Crippen molar-refractivity contribution < 1.29 is 8.78 Å². The van der Waals surface area contributed by atoms with Crippen LogP contribution in [0.2, 0.25) is 5.02 Å². The predicted molar refractivity (Wildman–Crippen MR) is 90.8 cm³/mol. The van der Waals surface area contributed by atoms with E-state index in [1.54, 1.807) is 12.3 Å². The van der Waals surface area contributed by atoms with E-state index in [1.807, 2.05) is 0 Å². The topological polar surface area (TPSA) is 149 Å². The lowest BCUT2D eigenvalue weighted by Crippen LogP contribution is -2.33. The Morgan fingerprint density at radius 2 is 1.96 bits per heavy atom. The average molecular weight is 375 g/mol. The third-order valence-electron chi connectivity index (χ3n) is 3.71. The molecule has 0 spiro atoms. The van der Waals surface area contributed by atoms with Gasteiger partial charge in [0, 0.05) is 16.1 Å². The number of benzene rings is 1. The minimum atomic E-state index is -1.26. The Morgan fingerprint density at radius 3 is 2.62 bits per heavy atom. The number of aromatic nitrogens is 1. The number of guanidine groups is 1. The van der Waals surface area contributed by atoms with Gasteiger partial charge in [-0.25, -0.2) is 18.8 Å². The molecule has 6 N–H and O–H groups in total. The highest BCUT2D eigenvalue weighted by molar-refractivity contribution is 6.31. The van der Waals surface area contributed by atoms with Gasteiger partial charge in [0.2, 0.25) is 5.96 Å². The summed E-state index contributed by atoms with van der Waals surface area (Å²) in [7, 11) is 0. The van der Waals surface area contributed by atoms with Crippen LogP contribution in [0.15, 0.2) is 17.1 Å². The Labute approximate surface area is 150 Å². The molecule has 0 bridgehead atoms. The van der Waals surface area contributed by atoms with Crippen LogP contribution < -0.4 is 22.1 Å².